The van der Waals surface area contributed by atoms with Crippen LogP contribution in [0, 0.1) is 0 Å². The number of halogens is 1. The first kappa shape index (κ1) is 19.1. The summed E-state index contributed by atoms with van der Waals surface area (Å²) in [5.41, 5.74) is 0.709. The van der Waals surface area contributed by atoms with Gasteiger partial charge in [0.15, 0.2) is 0 Å². The molecule has 0 saturated carbocycles. The number of nitrogens with one attached hydrogen (secondary N) is 1. The van der Waals surface area contributed by atoms with Crippen LogP contribution in [0.3, 0.4) is 0 Å². The minimum Gasteiger partial charge on any atom is -0.461 e. The Labute approximate surface area is 152 Å². The van der Waals surface area contributed by atoms with E-state index in [4.69, 9.17) is 21.1 Å². The normalized spacial score (nSPS) is 11.4. The van der Waals surface area contributed by atoms with E-state index in [1.165, 1.54) is 0 Å². The van der Waals surface area contributed by atoms with Crippen molar-refractivity contribution in [3.63, 3.8) is 0 Å². The maximum Gasteiger partial charge on any atom is 0.407 e. The molecule has 0 aliphatic rings. The highest BCUT2D eigenvalue weighted by atomic mass is 35.5. The molecular weight excluding hydrogens is 344 g/mol. The first-order valence-electron chi connectivity index (χ1n) is 8.14. The van der Waals surface area contributed by atoms with Crippen molar-refractivity contribution in [2.45, 2.75) is 39.8 Å². The Kier molecular flexibility index (Phi) is 5.95. The Morgan fingerprint density at radius 2 is 1.96 bits per heavy atom. The first-order chi connectivity index (χ1) is 11.7. The molecule has 6 nitrogen and oxygen atoms in total. The number of alkyl carbamates (subject to hydrolysis) is 1. The number of ether oxygens (including phenoxy) is 2. The fourth-order valence-electron chi connectivity index (χ4n) is 2.44. The highest BCUT2D eigenvalue weighted by Crippen LogP contribution is 2.24. The summed E-state index contributed by atoms with van der Waals surface area (Å²) in [6, 6.07) is 7.13. The Bertz CT molecular complexity index is 777. The quantitative estimate of drug-likeness (QED) is 0.812. The molecule has 1 aromatic carbocycles. The molecule has 0 unspecified atom stereocenters. The molecule has 1 aromatic heterocycles. The van der Waals surface area contributed by atoms with E-state index in [0.717, 1.165) is 10.9 Å². The average molecular weight is 367 g/mol. The monoisotopic (exact) mass is 366 g/mol. The summed E-state index contributed by atoms with van der Waals surface area (Å²) in [5, 5.41) is 4.12. The van der Waals surface area contributed by atoms with Gasteiger partial charge >= 0.3 is 12.1 Å². The molecule has 0 aliphatic carbocycles. The largest absolute Gasteiger partial charge is 0.461 e. The van der Waals surface area contributed by atoms with Crippen LogP contribution in [0.2, 0.25) is 5.02 Å². The van der Waals surface area contributed by atoms with Crippen molar-refractivity contribution in [3.8, 4) is 0 Å². The summed E-state index contributed by atoms with van der Waals surface area (Å²) in [6.07, 6.45) is -0.496. The zero-order valence-electron chi connectivity index (χ0n) is 14.9. The summed E-state index contributed by atoms with van der Waals surface area (Å²) in [7, 11) is 0. The molecule has 0 fully saturated rings. The van der Waals surface area contributed by atoms with Gasteiger partial charge in [-0.05, 0) is 52.0 Å². The highest BCUT2D eigenvalue weighted by molar-refractivity contribution is 6.31. The first-order valence-corrected chi connectivity index (χ1v) is 8.52. The van der Waals surface area contributed by atoms with Crippen LogP contribution in [0.25, 0.3) is 10.9 Å². The molecule has 25 heavy (non-hydrogen) atoms. The van der Waals surface area contributed by atoms with E-state index < -0.39 is 17.7 Å². The number of benzene rings is 1. The fourth-order valence-corrected chi connectivity index (χ4v) is 2.62. The van der Waals surface area contributed by atoms with Crippen molar-refractivity contribution >= 4 is 34.6 Å². The second kappa shape index (κ2) is 7.78. The van der Waals surface area contributed by atoms with Crippen molar-refractivity contribution in [1.29, 1.82) is 0 Å². The van der Waals surface area contributed by atoms with Gasteiger partial charge in [0.25, 0.3) is 0 Å². The van der Waals surface area contributed by atoms with Crippen molar-refractivity contribution < 1.29 is 19.1 Å². The number of carbonyl (C=O) groups excluding carboxylic acids is 2. The minimum atomic E-state index is -0.558. The topological polar surface area (TPSA) is 69.6 Å². The Hall–Kier alpha value is -2.21. The third-order valence-electron chi connectivity index (χ3n) is 3.35. The Morgan fingerprint density at radius 3 is 2.60 bits per heavy atom. The lowest BCUT2D eigenvalue weighted by Crippen LogP contribution is -2.34. The zero-order chi connectivity index (χ0) is 18.6. The maximum atomic E-state index is 12.2. The molecule has 1 N–H and O–H groups in total. The predicted molar refractivity (Wildman–Crippen MR) is 97.1 cm³/mol. The molecule has 136 valence electrons. The second-order valence-corrected chi connectivity index (χ2v) is 6.97. The molecule has 1 heterocycles. The van der Waals surface area contributed by atoms with E-state index in [1.54, 1.807) is 50.5 Å². The minimum absolute atomic E-state index is 0.289. The van der Waals surface area contributed by atoms with Gasteiger partial charge in [-0.1, -0.05) is 11.6 Å². The molecule has 0 saturated heterocycles. The molecule has 0 atom stereocenters. The third-order valence-corrected chi connectivity index (χ3v) is 3.59. The fraction of sp³-hybridized carbons (Fsp3) is 0.444. The van der Waals surface area contributed by atoms with Gasteiger partial charge in [0, 0.05) is 29.0 Å². The van der Waals surface area contributed by atoms with E-state index in [2.05, 4.69) is 5.32 Å². The number of aromatic nitrogens is 1. The van der Waals surface area contributed by atoms with Crippen LogP contribution >= 0.6 is 11.6 Å². The number of fused-ring (bicyclic) bond motifs is 1. The molecule has 2 rings (SSSR count). The summed E-state index contributed by atoms with van der Waals surface area (Å²) >= 11 is 6.03. The second-order valence-electron chi connectivity index (χ2n) is 6.53. The number of carbonyl (C=O) groups is 2. The van der Waals surface area contributed by atoms with Gasteiger partial charge in [-0.15, -0.1) is 0 Å². The summed E-state index contributed by atoms with van der Waals surface area (Å²) in [4.78, 5) is 24.0. The molecule has 0 bridgehead atoms. The van der Waals surface area contributed by atoms with Gasteiger partial charge < -0.3 is 19.4 Å². The number of rotatable bonds is 5. The third kappa shape index (κ3) is 5.13. The number of esters is 1. The zero-order valence-corrected chi connectivity index (χ0v) is 15.6. The highest BCUT2D eigenvalue weighted by Gasteiger charge is 2.18. The number of amides is 1. The van der Waals surface area contributed by atoms with E-state index in [9.17, 15) is 9.59 Å². The average Bonchev–Trinajstić information content (AvgIpc) is 2.83. The van der Waals surface area contributed by atoms with Crippen LogP contribution in [-0.4, -0.2) is 35.4 Å². The lowest BCUT2D eigenvalue weighted by Gasteiger charge is -2.20. The van der Waals surface area contributed by atoms with Crippen LogP contribution in [-0.2, 0) is 16.0 Å². The molecule has 1 amide bonds. The molecule has 7 heteroatoms. The van der Waals surface area contributed by atoms with Crippen molar-refractivity contribution in [1.82, 2.24) is 9.88 Å². The predicted octanol–water partition coefficient (Wildman–Crippen LogP) is 4.00. The van der Waals surface area contributed by atoms with E-state index in [-0.39, 0.29) is 6.61 Å². The summed E-state index contributed by atoms with van der Waals surface area (Å²) in [6.45, 7) is 8.16. The van der Waals surface area contributed by atoms with Crippen LogP contribution < -0.4 is 5.32 Å². The number of hydrogen-bond acceptors (Lipinski definition) is 4. The van der Waals surface area contributed by atoms with Gasteiger partial charge in [0.1, 0.15) is 11.3 Å². The maximum absolute atomic E-state index is 12.2. The van der Waals surface area contributed by atoms with Gasteiger partial charge in [-0.3, -0.25) is 0 Å². The molecule has 0 spiro atoms. The Morgan fingerprint density at radius 1 is 1.24 bits per heavy atom. The van der Waals surface area contributed by atoms with Crippen molar-refractivity contribution in [3.05, 3.63) is 35.0 Å². The van der Waals surface area contributed by atoms with Gasteiger partial charge in [0.05, 0.1) is 6.61 Å². The molecular formula is C18H23ClN2O4. The summed E-state index contributed by atoms with van der Waals surface area (Å²) in [5.74, 6) is -0.410. The number of nitrogens with zero attached hydrogens (tertiary/aromatic N) is 1. The van der Waals surface area contributed by atoms with Crippen LogP contribution in [0.15, 0.2) is 24.3 Å². The van der Waals surface area contributed by atoms with E-state index >= 15 is 0 Å². The van der Waals surface area contributed by atoms with Gasteiger partial charge in [-0.2, -0.15) is 0 Å². The van der Waals surface area contributed by atoms with E-state index in [0.29, 0.717) is 23.8 Å². The Balaban J connectivity index is 2.19. The molecule has 2 aromatic rings. The van der Waals surface area contributed by atoms with Crippen LogP contribution in [0.1, 0.15) is 38.2 Å². The lowest BCUT2D eigenvalue weighted by atomic mass is 10.2. The van der Waals surface area contributed by atoms with Crippen LogP contribution in [0.4, 0.5) is 4.79 Å². The molecule has 0 aliphatic heterocycles. The number of hydrogen-bond donors (Lipinski definition) is 1. The smallest absolute Gasteiger partial charge is 0.407 e. The van der Waals surface area contributed by atoms with Crippen LogP contribution in [0.5, 0.6) is 0 Å². The summed E-state index contributed by atoms with van der Waals surface area (Å²) < 4.78 is 12.1. The van der Waals surface area contributed by atoms with Gasteiger partial charge in [0.2, 0.25) is 0 Å². The van der Waals surface area contributed by atoms with Crippen molar-refractivity contribution in [2.24, 2.45) is 0 Å². The van der Waals surface area contributed by atoms with E-state index in [1.807, 2.05) is 6.07 Å². The van der Waals surface area contributed by atoms with Gasteiger partial charge in [-0.25, -0.2) is 9.59 Å². The standard InChI is InChI=1S/C18H23ClN2O4/c1-5-24-16(22)15-11-12-10-13(19)6-7-14(12)21(15)9-8-20-17(23)25-18(2,3)4/h6-7,10-11H,5,8-9H2,1-4H3,(H,20,23). The van der Waals surface area contributed by atoms with Crippen molar-refractivity contribution in [2.75, 3.05) is 13.2 Å². The lowest BCUT2D eigenvalue weighted by molar-refractivity contribution is 0.0514. The SMILES string of the molecule is CCOC(=O)c1cc2cc(Cl)ccc2n1CCNC(=O)OC(C)(C)C. The molecule has 0 radical (unpaired) electrons.